The molecule has 0 aromatic heterocycles. The summed E-state index contributed by atoms with van der Waals surface area (Å²) >= 11 is 0. The molecule has 4 nitrogen and oxygen atoms in total. The second kappa shape index (κ2) is 8.32. The van der Waals surface area contributed by atoms with Gasteiger partial charge in [-0.15, -0.1) is 9.24 Å². The van der Waals surface area contributed by atoms with Crippen LogP contribution in [0.15, 0.2) is 54.6 Å². The van der Waals surface area contributed by atoms with E-state index in [0.29, 0.717) is 11.5 Å². The van der Waals surface area contributed by atoms with E-state index in [2.05, 4.69) is 9.24 Å². The van der Waals surface area contributed by atoms with E-state index in [1.165, 1.54) is 0 Å². The summed E-state index contributed by atoms with van der Waals surface area (Å²) in [5, 5.41) is 0.991. The molecule has 0 radical (unpaired) electrons. The van der Waals surface area contributed by atoms with Gasteiger partial charge in [0.15, 0.2) is 11.5 Å². The summed E-state index contributed by atoms with van der Waals surface area (Å²) < 4.78 is 22.3. The van der Waals surface area contributed by atoms with Crippen LogP contribution in [0.4, 0.5) is 0 Å². The zero-order valence-electron chi connectivity index (χ0n) is 15.9. The van der Waals surface area contributed by atoms with Gasteiger partial charge in [-0.3, -0.25) is 0 Å². The lowest BCUT2D eigenvalue weighted by Gasteiger charge is -2.19. The molecule has 27 heavy (non-hydrogen) atoms. The molecule has 0 aliphatic heterocycles. The van der Waals surface area contributed by atoms with Gasteiger partial charge in [0.2, 0.25) is 0 Å². The second-order valence-corrected chi connectivity index (χ2v) is 6.42. The molecule has 0 aliphatic carbocycles. The molecule has 3 aromatic rings. The van der Waals surface area contributed by atoms with Crippen LogP contribution in [-0.4, -0.2) is 28.4 Å². The van der Waals surface area contributed by atoms with E-state index in [9.17, 15) is 0 Å². The molecule has 1 atom stereocenters. The number of benzene rings is 3. The minimum Gasteiger partial charge on any atom is -0.496 e. The van der Waals surface area contributed by atoms with Crippen molar-refractivity contribution in [3.8, 4) is 45.3 Å². The largest absolute Gasteiger partial charge is 0.496 e. The lowest BCUT2D eigenvalue weighted by atomic mass is 9.96. The average molecular weight is 382 g/mol. The van der Waals surface area contributed by atoms with Crippen LogP contribution >= 0.6 is 9.24 Å². The van der Waals surface area contributed by atoms with Crippen molar-refractivity contribution in [1.29, 1.82) is 0 Å². The zero-order chi connectivity index (χ0) is 19.4. The van der Waals surface area contributed by atoms with Gasteiger partial charge >= 0.3 is 0 Å². The van der Waals surface area contributed by atoms with Gasteiger partial charge in [-0.05, 0) is 35.1 Å². The van der Waals surface area contributed by atoms with E-state index < -0.39 is 0 Å². The fraction of sp³-hybridized carbons (Fsp3) is 0.182. The number of hydrogen-bond acceptors (Lipinski definition) is 4. The molecular formula is C22H23O4P. The Balaban J connectivity index is 2.30. The zero-order valence-corrected chi connectivity index (χ0v) is 17.1. The van der Waals surface area contributed by atoms with Gasteiger partial charge < -0.3 is 18.9 Å². The average Bonchev–Trinajstić information content (AvgIpc) is 2.72. The Morgan fingerprint density at radius 1 is 0.556 bits per heavy atom. The molecule has 0 bridgehead atoms. The molecule has 0 aliphatic rings. The van der Waals surface area contributed by atoms with Crippen LogP contribution in [0.5, 0.6) is 23.0 Å². The van der Waals surface area contributed by atoms with E-state index >= 15 is 0 Å². The maximum Gasteiger partial charge on any atom is 0.168 e. The van der Waals surface area contributed by atoms with Gasteiger partial charge in [0.25, 0.3) is 0 Å². The van der Waals surface area contributed by atoms with E-state index in [-0.39, 0.29) is 0 Å². The van der Waals surface area contributed by atoms with Crippen LogP contribution < -0.4 is 24.3 Å². The van der Waals surface area contributed by atoms with Crippen molar-refractivity contribution in [3.05, 3.63) is 54.6 Å². The predicted molar refractivity (Wildman–Crippen MR) is 113 cm³/mol. The summed E-state index contributed by atoms with van der Waals surface area (Å²) in [6.45, 7) is 0. The molecule has 140 valence electrons. The topological polar surface area (TPSA) is 36.9 Å². The number of para-hydroxylation sites is 2. The summed E-state index contributed by atoms with van der Waals surface area (Å²) in [6.07, 6.45) is 0. The van der Waals surface area contributed by atoms with E-state index in [0.717, 1.165) is 39.1 Å². The van der Waals surface area contributed by atoms with Crippen LogP contribution in [-0.2, 0) is 0 Å². The molecule has 3 rings (SSSR count). The van der Waals surface area contributed by atoms with Crippen LogP contribution in [0.25, 0.3) is 22.3 Å². The summed E-state index contributed by atoms with van der Waals surface area (Å²) in [5.41, 5.74) is 3.88. The SMILES string of the molecule is COc1ccccc1-c1c(OC)ccc(-c2cccc(OC)c2OC)c1P. The minimum absolute atomic E-state index is 0.689. The van der Waals surface area contributed by atoms with Crippen molar-refractivity contribution in [2.45, 2.75) is 0 Å². The first-order valence-corrected chi connectivity index (χ1v) is 9.05. The third kappa shape index (κ3) is 3.45. The number of hydrogen-bond donors (Lipinski definition) is 0. The van der Waals surface area contributed by atoms with Gasteiger partial charge in [-0.2, -0.15) is 0 Å². The molecule has 0 fully saturated rings. The van der Waals surface area contributed by atoms with Crippen LogP contribution in [0.1, 0.15) is 0 Å². The minimum atomic E-state index is 0.689. The van der Waals surface area contributed by atoms with Gasteiger partial charge in [0.1, 0.15) is 11.5 Å². The number of ether oxygens (including phenoxy) is 4. The molecule has 0 amide bonds. The first kappa shape index (κ1) is 19.1. The summed E-state index contributed by atoms with van der Waals surface area (Å²) in [5.74, 6) is 2.94. The third-order valence-corrected chi connectivity index (χ3v) is 5.10. The molecule has 3 aromatic carbocycles. The molecule has 0 N–H and O–H groups in total. The summed E-state index contributed by atoms with van der Waals surface area (Å²) in [7, 11) is 9.46. The number of rotatable bonds is 6. The Labute approximate surface area is 162 Å². The van der Waals surface area contributed by atoms with Crippen molar-refractivity contribution >= 4 is 14.5 Å². The lowest BCUT2D eigenvalue weighted by Crippen LogP contribution is -2.06. The third-order valence-electron chi connectivity index (χ3n) is 4.50. The highest BCUT2D eigenvalue weighted by Gasteiger charge is 2.20. The van der Waals surface area contributed by atoms with E-state index in [1.54, 1.807) is 28.4 Å². The Morgan fingerprint density at radius 2 is 1.19 bits per heavy atom. The highest BCUT2D eigenvalue weighted by atomic mass is 31.0. The Morgan fingerprint density at radius 3 is 1.85 bits per heavy atom. The highest BCUT2D eigenvalue weighted by molar-refractivity contribution is 7.28. The maximum atomic E-state index is 5.65. The van der Waals surface area contributed by atoms with Crippen molar-refractivity contribution < 1.29 is 18.9 Å². The molecule has 0 saturated carbocycles. The van der Waals surface area contributed by atoms with Gasteiger partial charge in [-0.1, -0.05) is 30.3 Å². The van der Waals surface area contributed by atoms with Crippen molar-refractivity contribution in [3.63, 3.8) is 0 Å². The van der Waals surface area contributed by atoms with Crippen LogP contribution in [0, 0.1) is 0 Å². The number of methoxy groups -OCH3 is 4. The standard InChI is InChI=1S/C22H23O4P/c1-23-17-10-6-5-8-16(17)20-18(24-2)13-12-15(22(20)27)14-9-7-11-19(25-3)21(14)26-4/h5-13H,27H2,1-4H3. The molecule has 0 saturated heterocycles. The maximum absolute atomic E-state index is 5.65. The first-order chi connectivity index (χ1) is 13.2. The van der Waals surface area contributed by atoms with Gasteiger partial charge in [0, 0.05) is 16.7 Å². The molecule has 5 heteroatoms. The molecule has 0 spiro atoms. The van der Waals surface area contributed by atoms with Crippen molar-refractivity contribution in [1.82, 2.24) is 0 Å². The lowest BCUT2D eigenvalue weighted by molar-refractivity contribution is 0.356. The second-order valence-electron chi connectivity index (χ2n) is 5.85. The van der Waals surface area contributed by atoms with Gasteiger partial charge in [-0.25, -0.2) is 0 Å². The van der Waals surface area contributed by atoms with E-state index in [1.807, 2.05) is 54.6 Å². The molecular weight excluding hydrogens is 359 g/mol. The summed E-state index contributed by atoms with van der Waals surface area (Å²) in [4.78, 5) is 0. The van der Waals surface area contributed by atoms with Crippen molar-refractivity contribution in [2.24, 2.45) is 0 Å². The quantitative estimate of drug-likeness (QED) is 0.586. The highest BCUT2D eigenvalue weighted by Crippen LogP contribution is 2.42. The Hall–Kier alpha value is -2.71. The normalized spacial score (nSPS) is 10.4. The van der Waals surface area contributed by atoms with Crippen molar-refractivity contribution in [2.75, 3.05) is 28.4 Å². The Bertz CT molecular complexity index is 953. The fourth-order valence-electron chi connectivity index (χ4n) is 3.23. The van der Waals surface area contributed by atoms with Gasteiger partial charge in [0.05, 0.1) is 28.4 Å². The van der Waals surface area contributed by atoms with Crippen LogP contribution in [0.2, 0.25) is 0 Å². The molecule has 0 heterocycles. The first-order valence-electron chi connectivity index (χ1n) is 8.47. The van der Waals surface area contributed by atoms with E-state index in [4.69, 9.17) is 18.9 Å². The molecule has 1 unspecified atom stereocenters. The Kier molecular flexibility index (Phi) is 5.88. The van der Waals surface area contributed by atoms with Crippen LogP contribution in [0.3, 0.4) is 0 Å². The monoisotopic (exact) mass is 382 g/mol. The smallest absolute Gasteiger partial charge is 0.168 e. The predicted octanol–water partition coefficient (Wildman–Crippen LogP) is 4.56. The fourth-order valence-corrected chi connectivity index (χ4v) is 3.78. The summed E-state index contributed by atoms with van der Waals surface area (Å²) in [6, 6.07) is 17.7.